The van der Waals surface area contributed by atoms with Gasteiger partial charge in [-0.1, -0.05) is 40.5 Å². The molecule has 1 aliphatic heterocycles. The van der Waals surface area contributed by atoms with E-state index in [4.69, 9.17) is 27.9 Å². The third-order valence-corrected chi connectivity index (χ3v) is 4.01. The molecule has 4 nitrogen and oxygen atoms in total. The summed E-state index contributed by atoms with van der Waals surface area (Å²) in [6.45, 7) is 1.83. The highest BCUT2D eigenvalue weighted by atomic mass is 35.5. The van der Waals surface area contributed by atoms with Crippen molar-refractivity contribution in [2.45, 2.75) is 13.5 Å². The Morgan fingerprint density at radius 2 is 1.96 bits per heavy atom. The summed E-state index contributed by atoms with van der Waals surface area (Å²) < 4.78 is 18.8. The second kappa shape index (κ2) is 7.25. The van der Waals surface area contributed by atoms with Crippen LogP contribution in [-0.2, 0) is 16.2 Å². The molecule has 128 valence electrons. The summed E-state index contributed by atoms with van der Waals surface area (Å²) in [6, 6.07) is 9.09. The summed E-state index contributed by atoms with van der Waals surface area (Å²) in [4.78, 5) is 16.4. The molecule has 0 fully saturated rings. The van der Waals surface area contributed by atoms with Gasteiger partial charge in [0.15, 0.2) is 0 Å². The Bertz CT molecular complexity index is 892. The van der Waals surface area contributed by atoms with Gasteiger partial charge >= 0.3 is 5.97 Å². The maximum absolute atomic E-state index is 13.0. The lowest BCUT2D eigenvalue weighted by Gasteiger charge is -2.12. The Kier molecular flexibility index (Phi) is 5.06. The van der Waals surface area contributed by atoms with Crippen molar-refractivity contribution in [2.75, 3.05) is 0 Å². The number of nitrogens with zero attached hydrogens (tertiary/aromatic N) is 1. The summed E-state index contributed by atoms with van der Waals surface area (Å²) >= 11 is 12.3. The van der Waals surface area contributed by atoms with Gasteiger partial charge in [-0.3, -0.25) is 0 Å². The highest BCUT2D eigenvalue weighted by Gasteiger charge is 2.23. The van der Waals surface area contributed by atoms with E-state index in [0.717, 1.165) is 5.56 Å². The lowest BCUT2D eigenvalue weighted by Crippen LogP contribution is -2.03. The van der Waals surface area contributed by atoms with E-state index in [1.165, 1.54) is 12.1 Å². The van der Waals surface area contributed by atoms with E-state index in [1.807, 2.05) is 0 Å². The molecule has 1 aliphatic rings. The molecule has 0 amide bonds. The van der Waals surface area contributed by atoms with Crippen molar-refractivity contribution < 1.29 is 18.8 Å². The fourth-order valence-electron chi connectivity index (χ4n) is 2.25. The van der Waals surface area contributed by atoms with Gasteiger partial charge in [-0.25, -0.2) is 9.18 Å². The quantitative estimate of drug-likeness (QED) is 0.552. The number of halogens is 3. The van der Waals surface area contributed by atoms with E-state index in [0.29, 0.717) is 32.6 Å². The monoisotopic (exact) mass is 379 g/mol. The Morgan fingerprint density at radius 3 is 2.60 bits per heavy atom. The average Bonchev–Trinajstić information content (AvgIpc) is 2.87. The molecule has 2 aromatic carbocycles. The first kappa shape index (κ1) is 17.5. The largest absolute Gasteiger partial charge is 0.487 e. The molecule has 1 heterocycles. The van der Waals surface area contributed by atoms with Gasteiger partial charge in [0, 0.05) is 10.6 Å². The predicted octanol–water partition coefficient (Wildman–Crippen LogP) is 5.03. The standard InChI is InChI=1S/C18H12Cl2FNO3/c1-10-15(18(23)25-22-10)7-12-6-13(19)8-16(20)17(12)24-9-11-2-4-14(21)5-3-11/h2-8H,9H2,1H3/b15-7-. The van der Waals surface area contributed by atoms with Gasteiger partial charge < -0.3 is 9.57 Å². The predicted molar refractivity (Wildman–Crippen MR) is 94.4 cm³/mol. The molecule has 0 atom stereocenters. The van der Waals surface area contributed by atoms with Crippen molar-refractivity contribution in [2.24, 2.45) is 5.16 Å². The molecule has 0 radical (unpaired) electrons. The summed E-state index contributed by atoms with van der Waals surface area (Å²) in [5.41, 5.74) is 2.03. The van der Waals surface area contributed by atoms with Gasteiger partial charge in [0.05, 0.1) is 16.3 Å². The first-order valence-electron chi connectivity index (χ1n) is 7.28. The molecular formula is C18H12Cl2FNO3. The average molecular weight is 380 g/mol. The summed E-state index contributed by atoms with van der Waals surface area (Å²) in [7, 11) is 0. The Morgan fingerprint density at radius 1 is 1.24 bits per heavy atom. The van der Waals surface area contributed by atoms with Gasteiger partial charge in [0.25, 0.3) is 0 Å². The van der Waals surface area contributed by atoms with Crippen molar-refractivity contribution in [1.82, 2.24) is 0 Å². The third kappa shape index (κ3) is 4.00. The smallest absolute Gasteiger partial charge is 0.367 e. The van der Waals surface area contributed by atoms with Crippen molar-refractivity contribution in [3.8, 4) is 5.75 Å². The maximum Gasteiger partial charge on any atom is 0.367 e. The minimum atomic E-state index is -0.557. The van der Waals surface area contributed by atoms with Crippen LogP contribution in [0, 0.1) is 5.82 Å². The van der Waals surface area contributed by atoms with Crippen LogP contribution >= 0.6 is 23.2 Å². The van der Waals surface area contributed by atoms with Crippen LogP contribution in [-0.4, -0.2) is 11.7 Å². The zero-order valence-electron chi connectivity index (χ0n) is 13.1. The minimum absolute atomic E-state index is 0.176. The zero-order valence-corrected chi connectivity index (χ0v) is 14.6. The number of ether oxygens (including phenoxy) is 1. The fourth-order valence-corrected chi connectivity index (χ4v) is 2.81. The normalized spacial score (nSPS) is 15.3. The van der Waals surface area contributed by atoms with Crippen molar-refractivity contribution >= 4 is 41.0 Å². The van der Waals surface area contributed by atoms with Crippen LogP contribution in [0.1, 0.15) is 18.1 Å². The van der Waals surface area contributed by atoms with Crippen molar-refractivity contribution in [3.63, 3.8) is 0 Å². The van der Waals surface area contributed by atoms with Crippen molar-refractivity contribution in [3.05, 3.63) is 69.0 Å². The van der Waals surface area contributed by atoms with Crippen LogP contribution in [0.15, 0.2) is 47.1 Å². The van der Waals surface area contributed by atoms with Crippen LogP contribution in [0.3, 0.4) is 0 Å². The maximum atomic E-state index is 13.0. The fraction of sp³-hybridized carbons (Fsp3) is 0.111. The first-order chi connectivity index (χ1) is 11.9. The topological polar surface area (TPSA) is 47.9 Å². The lowest BCUT2D eigenvalue weighted by atomic mass is 10.1. The molecule has 0 saturated heterocycles. The van der Waals surface area contributed by atoms with Gasteiger partial charge in [-0.2, -0.15) is 0 Å². The molecule has 0 spiro atoms. The highest BCUT2D eigenvalue weighted by molar-refractivity contribution is 6.36. The summed E-state index contributed by atoms with van der Waals surface area (Å²) in [6.07, 6.45) is 1.56. The molecule has 0 aliphatic carbocycles. The van der Waals surface area contributed by atoms with Crippen LogP contribution in [0.25, 0.3) is 6.08 Å². The number of oxime groups is 1. The molecule has 0 aromatic heterocycles. The summed E-state index contributed by atoms with van der Waals surface area (Å²) in [5, 5.41) is 4.32. The Hall–Kier alpha value is -2.37. The first-order valence-corrected chi connectivity index (χ1v) is 8.04. The van der Waals surface area contributed by atoms with Gasteiger partial charge in [0.2, 0.25) is 0 Å². The van der Waals surface area contributed by atoms with Crippen LogP contribution in [0.5, 0.6) is 5.75 Å². The van der Waals surface area contributed by atoms with E-state index < -0.39 is 5.97 Å². The second-order valence-electron chi connectivity index (χ2n) is 5.33. The number of benzene rings is 2. The zero-order chi connectivity index (χ0) is 18.0. The molecule has 0 N–H and O–H groups in total. The van der Waals surface area contributed by atoms with Crippen LogP contribution in [0.4, 0.5) is 4.39 Å². The number of carbonyl (C=O) groups excluding carboxylic acids is 1. The molecule has 7 heteroatoms. The van der Waals surface area contributed by atoms with Gasteiger partial charge in [-0.05, 0) is 42.8 Å². The number of hydrogen-bond donors (Lipinski definition) is 0. The molecule has 0 bridgehead atoms. The molecule has 2 aromatic rings. The van der Waals surface area contributed by atoms with Crippen molar-refractivity contribution in [1.29, 1.82) is 0 Å². The van der Waals surface area contributed by atoms with Gasteiger partial charge in [0.1, 0.15) is 18.2 Å². The Balaban J connectivity index is 1.93. The molecule has 0 saturated carbocycles. The number of rotatable bonds is 4. The number of hydrogen-bond acceptors (Lipinski definition) is 4. The van der Waals surface area contributed by atoms with E-state index in [1.54, 1.807) is 37.3 Å². The third-order valence-electron chi connectivity index (χ3n) is 3.51. The van der Waals surface area contributed by atoms with E-state index in [-0.39, 0.29) is 12.4 Å². The highest BCUT2D eigenvalue weighted by Crippen LogP contribution is 2.35. The van der Waals surface area contributed by atoms with Crippen LogP contribution in [0.2, 0.25) is 10.0 Å². The van der Waals surface area contributed by atoms with E-state index >= 15 is 0 Å². The molecular weight excluding hydrogens is 368 g/mol. The molecule has 3 rings (SSSR count). The Labute approximate surface area is 153 Å². The summed E-state index contributed by atoms with van der Waals surface area (Å²) in [5.74, 6) is -0.526. The van der Waals surface area contributed by atoms with Crippen LogP contribution < -0.4 is 4.74 Å². The molecule has 0 unspecified atom stereocenters. The van der Waals surface area contributed by atoms with Gasteiger partial charge in [-0.15, -0.1) is 0 Å². The lowest BCUT2D eigenvalue weighted by molar-refractivity contribution is -0.136. The minimum Gasteiger partial charge on any atom is -0.487 e. The van der Waals surface area contributed by atoms with E-state index in [2.05, 4.69) is 9.99 Å². The SMILES string of the molecule is CC1=NOC(=O)/C1=C\c1cc(Cl)cc(Cl)c1OCc1ccc(F)cc1. The van der Waals surface area contributed by atoms with E-state index in [9.17, 15) is 9.18 Å². The number of carbonyl (C=O) groups is 1. The second-order valence-corrected chi connectivity index (χ2v) is 6.18. The molecule has 25 heavy (non-hydrogen) atoms.